The third kappa shape index (κ3) is 3.26. The highest BCUT2D eigenvalue weighted by Crippen LogP contribution is 2.23. The molecular weight excluding hydrogens is 272 g/mol. The van der Waals surface area contributed by atoms with Crippen LogP contribution in [0.3, 0.4) is 0 Å². The van der Waals surface area contributed by atoms with E-state index in [2.05, 4.69) is 9.97 Å². The summed E-state index contributed by atoms with van der Waals surface area (Å²) in [5.41, 5.74) is 2.52. The van der Waals surface area contributed by atoms with Gasteiger partial charge in [-0.15, -0.1) is 0 Å². The minimum Gasteiger partial charge on any atom is -0.293 e. The fourth-order valence-electron chi connectivity index (χ4n) is 2.48. The van der Waals surface area contributed by atoms with Gasteiger partial charge in [-0.3, -0.25) is 14.8 Å². The molecule has 0 bridgehead atoms. The molecule has 1 aromatic heterocycles. The van der Waals surface area contributed by atoms with E-state index in [4.69, 9.17) is 0 Å². The molecule has 0 spiro atoms. The van der Waals surface area contributed by atoms with E-state index in [1.165, 1.54) is 0 Å². The van der Waals surface area contributed by atoms with E-state index < -0.39 is 0 Å². The lowest BCUT2D eigenvalue weighted by Gasteiger charge is -2.15. The van der Waals surface area contributed by atoms with Crippen LogP contribution in [-0.4, -0.2) is 15.8 Å². The standard InChI is InChI=1S/C19H16N2O/c22-19(16-9-5-2-6-10-16)17(18-14-20-11-12-21-18)13-15-7-3-1-4-8-15/h1-12,14,17H,13H2. The summed E-state index contributed by atoms with van der Waals surface area (Å²) < 4.78 is 0. The molecule has 108 valence electrons. The second kappa shape index (κ2) is 6.76. The van der Waals surface area contributed by atoms with Crippen LogP contribution < -0.4 is 0 Å². The molecule has 0 aliphatic rings. The average molecular weight is 288 g/mol. The van der Waals surface area contributed by atoms with E-state index in [9.17, 15) is 4.79 Å². The Labute approximate surface area is 129 Å². The zero-order valence-corrected chi connectivity index (χ0v) is 12.1. The summed E-state index contributed by atoms with van der Waals surface area (Å²) in [6.45, 7) is 0. The molecule has 1 unspecified atom stereocenters. The number of benzene rings is 2. The Bertz CT molecular complexity index is 727. The maximum Gasteiger partial charge on any atom is 0.172 e. The van der Waals surface area contributed by atoms with Crippen molar-refractivity contribution >= 4 is 5.78 Å². The normalized spacial score (nSPS) is 11.8. The Balaban J connectivity index is 1.95. The first-order valence-corrected chi connectivity index (χ1v) is 7.23. The van der Waals surface area contributed by atoms with Crippen LogP contribution in [0.15, 0.2) is 79.3 Å². The first-order valence-electron chi connectivity index (χ1n) is 7.23. The second-order valence-electron chi connectivity index (χ2n) is 5.10. The minimum atomic E-state index is -0.321. The van der Waals surface area contributed by atoms with Gasteiger partial charge in [0.05, 0.1) is 11.6 Å². The van der Waals surface area contributed by atoms with Crippen molar-refractivity contribution in [2.75, 3.05) is 0 Å². The summed E-state index contributed by atoms with van der Waals surface area (Å²) in [6.07, 6.45) is 5.55. The molecule has 1 atom stereocenters. The number of aromatic nitrogens is 2. The molecule has 2 aromatic carbocycles. The van der Waals surface area contributed by atoms with E-state index in [-0.39, 0.29) is 11.7 Å². The van der Waals surface area contributed by atoms with E-state index in [1.54, 1.807) is 18.6 Å². The summed E-state index contributed by atoms with van der Waals surface area (Å²) in [6, 6.07) is 19.3. The van der Waals surface area contributed by atoms with Crippen molar-refractivity contribution in [2.45, 2.75) is 12.3 Å². The molecule has 3 aromatic rings. The fourth-order valence-corrected chi connectivity index (χ4v) is 2.48. The van der Waals surface area contributed by atoms with Gasteiger partial charge in [-0.05, 0) is 12.0 Å². The van der Waals surface area contributed by atoms with Gasteiger partial charge in [0.1, 0.15) is 0 Å². The van der Waals surface area contributed by atoms with Crippen LogP contribution in [0.5, 0.6) is 0 Å². The van der Waals surface area contributed by atoms with Crippen molar-refractivity contribution in [3.05, 3.63) is 96.1 Å². The number of rotatable bonds is 5. The van der Waals surface area contributed by atoms with Crippen molar-refractivity contribution in [1.82, 2.24) is 9.97 Å². The molecule has 1 heterocycles. The molecule has 0 aliphatic carbocycles. The van der Waals surface area contributed by atoms with Crippen LogP contribution in [0.25, 0.3) is 0 Å². The second-order valence-corrected chi connectivity index (χ2v) is 5.10. The topological polar surface area (TPSA) is 42.9 Å². The van der Waals surface area contributed by atoms with Gasteiger partial charge < -0.3 is 0 Å². The molecular formula is C19H16N2O. The highest BCUT2D eigenvalue weighted by atomic mass is 16.1. The lowest BCUT2D eigenvalue weighted by atomic mass is 9.89. The summed E-state index contributed by atoms with van der Waals surface area (Å²) in [7, 11) is 0. The number of Topliss-reactive ketones (excluding diaryl/α,β-unsaturated/α-hetero) is 1. The molecule has 22 heavy (non-hydrogen) atoms. The minimum absolute atomic E-state index is 0.0740. The third-order valence-corrected chi connectivity index (χ3v) is 3.60. The molecule has 0 N–H and O–H groups in total. The van der Waals surface area contributed by atoms with Crippen LogP contribution in [-0.2, 0) is 6.42 Å². The molecule has 0 radical (unpaired) electrons. The van der Waals surface area contributed by atoms with Gasteiger partial charge in [-0.1, -0.05) is 60.7 Å². The lowest BCUT2D eigenvalue weighted by molar-refractivity contribution is 0.0957. The number of ketones is 1. The number of hydrogen-bond donors (Lipinski definition) is 0. The maximum atomic E-state index is 12.9. The largest absolute Gasteiger partial charge is 0.293 e. The maximum absolute atomic E-state index is 12.9. The van der Waals surface area contributed by atoms with Crippen LogP contribution in [0.4, 0.5) is 0 Å². The fraction of sp³-hybridized carbons (Fsp3) is 0.105. The number of nitrogens with zero attached hydrogens (tertiary/aromatic N) is 2. The highest BCUT2D eigenvalue weighted by molar-refractivity contribution is 6.00. The van der Waals surface area contributed by atoms with Crippen molar-refractivity contribution in [3.8, 4) is 0 Å². The third-order valence-electron chi connectivity index (χ3n) is 3.60. The first-order chi connectivity index (χ1) is 10.8. The molecule has 3 rings (SSSR count). The van der Waals surface area contributed by atoms with Crippen LogP contribution in [0, 0.1) is 0 Å². The van der Waals surface area contributed by atoms with Gasteiger partial charge in [-0.25, -0.2) is 0 Å². The summed E-state index contributed by atoms with van der Waals surface area (Å²) in [5.74, 6) is -0.247. The Morgan fingerprint density at radius 1 is 0.909 bits per heavy atom. The number of carbonyl (C=O) groups excluding carboxylic acids is 1. The smallest absolute Gasteiger partial charge is 0.172 e. The summed E-state index contributed by atoms with van der Waals surface area (Å²) in [4.78, 5) is 21.3. The highest BCUT2D eigenvalue weighted by Gasteiger charge is 2.23. The zero-order chi connectivity index (χ0) is 15.2. The lowest BCUT2D eigenvalue weighted by Crippen LogP contribution is -2.17. The molecule has 0 saturated carbocycles. The monoisotopic (exact) mass is 288 g/mol. The molecule has 3 heteroatoms. The summed E-state index contributed by atoms with van der Waals surface area (Å²) >= 11 is 0. The van der Waals surface area contributed by atoms with E-state index >= 15 is 0 Å². The predicted octanol–water partition coefficient (Wildman–Crippen LogP) is 3.69. The van der Waals surface area contributed by atoms with Crippen molar-refractivity contribution in [3.63, 3.8) is 0 Å². The van der Waals surface area contributed by atoms with Gasteiger partial charge >= 0.3 is 0 Å². The Kier molecular flexibility index (Phi) is 4.35. The Morgan fingerprint density at radius 3 is 2.23 bits per heavy atom. The molecule has 0 saturated heterocycles. The van der Waals surface area contributed by atoms with Gasteiger partial charge in [0.2, 0.25) is 0 Å². The van der Waals surface area contributed by atoms with Gasteiger partial charge in [-0.2, -0.15) is 0 Å². The van der Waals surface area contributed by atoms with Crippen molar-refractivity contribution in [2.24, 2.45) is 0 Å². The molecule has 3 nitrogen and oxygen atoms in total. The van der Waals surface area contributed by atoms with Crippen molar-refractivity contribution < 1.29 is 4.79 Å². The van der Waals surface area contributed by atoms with E-state index in [0.29, 0.717) is 17.7 Å². The number of hydrogen-bond acceptors (Lipinski definition) is 3. The first kappa shape index (κ1) is 14.1. The quantitative estimate of drug-likeness (QED) is 0.672. The van der Waals surface area contributed by atoms with Gasteiger partial charge in [0, 0.05) is 24.2 Å². The average Bonchev–Trinajstić information content (AvgIpc) is 2.61. The van der Waals surface area contributed by atoms with Crippen LogP contribution in [0.2, 0.25) is 0 Å². The van der Waals surface area contributed by atoms with Crippen LogP contribution >= 0.6 is 0 Å². The van der Waals surface area contributed by atoms with Crippen LogP contribution in [0.1, 0.15) is 27.5 Å². The predicted molar refractivity (Wildman–Crippen MR) is 85.7 cm³/mol. The Hall–Kier alpha value is -2.81. The van der Waals surface area contributed by atoms with Gasteiger partial charge in [0.15, 0.2) is 5.78 Å². The van der Waals surface area contributed by atoms with E-state index in [1.807, 2.05) is 60.7 Å². The molecule has 0 amide bonds. The van der Waals surface area contributed by atoms with Crippen molar-refractivity contribution in [1.29, 1.82) is 0 Å². The number of carbonyl (C=O) groups is 1. The molecule has 0 fully saturated rings. The Morgan fingerprint density at radius 2 is 1.59 bits per heavy atom. The van der Waals surface area contributed by atoms with Gasteiger partial charge in [0.25, 0.3) is 0 Å². The molecule has 0 aliphatic heterocycles. The zero-order valence-electron chi connectivity index (χ0n) is 12.1. The SMILES string of the molecule is O=C(c1ccccc1)C(Cc1ccccc1)c1cnccn1. The van der Waals surface area contributed by atoms with E-state index in [0.717, 1.165) is 5.56 Å². The summed E-state index contributed by atoms with van der Waals surface area (Å²) in [5, 5.41) is 0.